The number of benzene rings is 1. The molecule has 1 aromatic carbocycles. The zero-order valence-corrected chi connectivity index (χ0v) is 11.4. The molecule has 1 aromatic heterocycles. The molecule has 0 fully saturated rings. The summed E-state index contributed by atoms with van der Waals surface area (Å²) in [5.74, 6) is 0. The first kappa shape index (κ1) is 12.6. The molecule has 1 N–H and O–H groups in total. The fourth-order valence-electron chi connectivity index (χ4n) is 1.89. The average Bonchev–Trinajstić information content (AvgIpc) is 2.84. The number of aryl methyl sites for hydroxylation is 1. The second-order valence-corrected chi connectivity index (χ2v) is 4.65. The second-order valence-electron chi connectivity index (χ2n) is 4.65. The molecule has 2 rings (SSSR count). The number of rotatable bonds is 5. The maximum absolute atomic E-state index is 3.45. The molecule has 0 unspecified atom stereocenters. The number of aromatic nitrogens is 1. The Morgan fingerprint density at radius 3 is 2.72 bits per heavy atom. The van der Waals surface area contributed by atoms with E-state index in [-0.39, 0.29) is 0 Å². The van der Waals surface area contributed by atoms with Crippen LogP contribution in [0.5, 0.6) is 0 Å². The van der Waals surface area contributed by atoms with E-state index >= 15 is 0 Å². The van der Waals surface area contributed by atoms with Crippen molar-refractivity contribution >= 4 is 11.4 Å². The Kier molecular flexibility index (Phi) is 3.92. The Bertz CT molecular complexity index is 500. The van der Waals surface area contributed by atoms with Crippen LogP contribution in [0.3, 0.4) is 0 Å². The standard InChI is InChI=1S/C15H21N3/c1-4-18-9-8-13(12-18)11-16-14-6-5-7-15(10-14)17(2)3/h5-10,12,16H,4,11H2,1-3H3. The van der Waals surface area contributed by atoms with Crippen LogP contribution in [0.15, 0.2) is 42.7 Å². The van der Waals surface area contributed by atoms with E-state index in [2.05, 4.69) is 78.5 Å². The molecular weight excluding hydrogens is 222 g/mol. The minimum absolute atomic E-state index is 0.865. The molecule has 3 heteroatoms. The van der Waals surface area contributed by atoms with E-state index in [1.807, 2.05) is 0 Å². The smallest absolute Gasteiger partial charge is 0.0415 e. The molecule has 18 heavy (non-hydrogen) atoms. The number of hydrogen-bond acceptors (Lipinski definition) is 2. The molecule has 3 nitrogen and oxygen atoms in total. The lowest BCUT2D eigenvalue weighted by molar-refractivity contribution is 0.766. The van der Waals surface area contributed by atoms with Crippen molar-refractivity contribution in [3.8, 4) is 0 Å². The number of nitrogens with zero attached hydrogens (tertiary/aromatic N) is 2. The first-order chi connectivity index (χ1) is 8.69. The lowest BCUT2D eigenvalue weighted by Gasteiger charge is -2.14. The minimum atomic E-state index is 0.865. The average molecular weight is 243 g/mol. The van der Waals surface area contributed by atoms with Gasteiger partial charge in [0.25, 0.3) is 0 Å². The molecule has 0 saturated carbocycles. The van der Waals surface area contributed by atoms with E-state index in [0.717, 1.165) is 18.8 Å². The summed E-state index contributed by atoms with van der Waals surface area (Å²) in [6.07, 6.45) is 4.30. The van der Waals surface area contributed by atoms with Crippen molar-refractivity contribution < 1.29 is 0 Å². The zero-order chi connectivity index (χ0) is 13.0. The largest absolute Gasteiger partial charge is 0.381 e. The van der Waals surface area contributed by atoms with Crippen molar-refractivity contribution in [2.75, 3.05) is 24.3 Å². The fourth-order valence-corrected chi connectivity index (χ4v) is 1.89. The highest BCUT2D eigenvalue weighted by Gasteiger charge is 1.99. The summed E-state index contributed by atoms with van der Waals surface area (Å²) >= 11 is 0. The second kappa shape index (κ2) is 5.63. The molecule has 0 bridgehead atoms. The van der Waals surface area contributed by atoms with Crippen LogP contribution in [0.4, 0.5) is 11.4 Å². The molecule has 0 amide bonds. The quantitative estimate of drug-likeness (QED) is 0.870. The zero-order valence-electron chi connectivity index (χ0n) is 11.4. The normalized spacial score (nSPS) is 10.4. The highest BCUT2D eigenvalue weighted by molar-refractivity contribution is 5.57. The van der Waals surface area contributed by atoms with Crippen LogP contribution in [0.2, 0.25) is 0 Å². The van der Waals surface area contributed by atoms with Gasteiger partial charge in [0.1, 0.15) is 0 Å². The summed E-state index contributed by atoms with van der Waals surface area (Å²) in [4.78, 5) is 2.11. The molecule has 96 valence electrons. The first-order valence-corrected chi connectivity index (χ1v) is 6.35. The predicted octanol–water partition coefficient (Wildman–Crippen LogP) is 3.19. The van der Waals surface area contributed by atoms with Crippen LogP contribution >= 0.6 is 0 Å². The van der Waals surface area contributed by atoms with Gasteiger partial charge in [0, 0.05) is 51.0 Å². The van der Waals surface area contributed by atoms with E-state index in [1.165, 1.54) is 11.3 Å². The molecule has 1 heterocycles. The topological polar surface area (TPSA) is 20.2 Å². The van der Waals surface area contributed by atoms with Gasteiger partial charge in [-0.25, -0.2) is 0 Å². The van der Waals surface area contributed by atoms with Crippen molar-refractivity contribution in [2.45, 2.75) is 20.0 Å². The highest BCUT2D eigenvalue weighted by atomic mass is 15.1. The highest BCUT2D eigenvalue weighted by Crippen LogP contribution is 2.18. The Morgan fingerprint density at radius 2 is 2.06 bits per heavy atom. The molecule has 0 aliphatic carbocycles. The summed E-state index contributed by atoms with van der Waals surface area (Å²) in [6.45, 7) is 4.04. The Balaban J connectivity index is 1.99. The maximum Gasteiger partial charge on any atom is 0.0415 e. The van der Waals surface area contributed by atoms with Crippen molar-refractivity contribution in [1.82, 2.24) is 4.57 Å². The van der Waals surface area contributed by atoms with E-state index in [4.69, 9.17) is 0 Å². The lowest BCUT2D eigenvalue weighted by atomic mass is 10.2. The molecule has 0 radical (unpaired) electrons. The number of anilines is 2. The van der Waals surface area contributed by atoms with Crippen LogP contribution < -0.4 is 10.2 Å². The van der Waals surface area contributed by atoms with E-state index in [1.54, 1.807) is 0 Å². The van der Waals surface area contributed by atoms with Crippen LogP contribution in [-0.4, -0.2) is 18.7 Å². The molecule has 0 atom stereocenters. The van der Waals surface area contributed by atoms with E-state index in [9.17, 15) is 0 Å². The van der Waals surface area contributed by atoms with Crippen molar-refractivity contribution in [3.05, 3.63) is 48.3 Å². The Labute approximate surface area is 109 Å². The third kappa shape index (κ3) is 3.06. The summed E-state index contributed by atoms with van der Waals surface area (Å²) in [6, 6.07) is 10.6. The maximum atomic E-state index is 3.45. The van der Waals surface area contributed by atoms with Gasteiger partial charge >= 0.3 is 0 Å². The molecule has 0 aliphatic heterocycles. The van der Waals surface area contributed by atoms with Gasteiger partial charge in [-0.2, -0.15) is 0 Å². The van der Waals surface area contributed by atoms with Gasteiger partial charge in [0.2, 0.25) is 0 Å². The van der Waals surface area contributed by atoms with Crippen LogP contribution in [0, 0.1) is 0 Å². The predicted molar refractivity (Wildman–Crippen MR) is 78.2 cm³/mol. The lowest BCUT2D eigenvalue weighted by Crippen LogP contribution is -2.09. The Morgan fingerprint density at radius 1 is 1.22 bits per heavy atom. The van der Waals surface area contributed by atoms with Crippen molar-refractivity contribution in [1.29, 1.82) is 0 Å². The van der Waals surface area contributed by atoms with Crippen LogP contribution in [0.1, 0.15) is 12.5 Å². The van der Waals surface area contributed by atoms with Crippen molar-refractivity contribution in [2.24, 2.45) is 0 Å². The first-order valence-electron chi connectivity index (χ1n) is 6.35. The fraction of sp³-hybridized carbons (Fsp3) is 0.333. The SMILES string of the molecule is CCn1ccc(CNc2cccc(N(C)C)c2)c1. The number of hydrogen-bond donors (Lipinski definition) is 1. The van der Waals surface area contributed by atoms with E-state index in [0.29, 0.717) is 0 Å². The molecular formula is C15H21N3. The Hall–Kier alpha value is -1.90. The van der Waals surface area contributed by atoms with Crippen molar-refractivity contribution in [3.63, 3.8) is 0 Å². The van der Waals surface area contributed by atoms with Crippen LogP contribution in [-0.2, 0) is 13.1 Å². The molecule has 0 saturated heterocycles. The number of nitrogens with one attached hydrogen (secondary N) is 1. The molecule has 2 aromatic rings. The molecule has 0 spiro atoms. The summed E-state index contributed by atoms with van der Waals surface area (Å²) in [7, 11) is 4.11. The van der Waals surface area contributed by atoms with Gasteiger partial charge in [-0.15, -0.1) is 0 Å². The summed E-state index contributed by atoms with van der Waals surface area (Å²) < 4.78 is 2.19. The third-order valence-corrected chi connectivity index (χ3v) is 3.04. The minimum Gasteiger partial charge on any atom is -0.381 e. The monoisotopic (exact) mass is 243 g/mol. The summed E-state index contributed by atoms with van der Waals surface area (Å²) in [5.41, 5.74) is 3.68. The van der Waals surface area contributed by atoms with Crippen LogP contribution in [0.25, 0.3) is 0 Å². The molecule has 0 aliphatic rings. The van der Waals surface area contributed by atoms with Gasteiger partial charge in [0.15, 0.2) is 0 Å². The van der Waals surface area contributed by atoms with Gasteiger partial charge in [0.05, 0.1) is 0 Å². The van der Waals surface area contributed by atoms with Gasteiger partial charge < -0.3 is 14.8 Å². The van der Waals surface area contributed by atoms with Gasteiger partial charge in [-0.1, -0.05) is 6.07 Å². The summed E-state index contributed by atoms with van der Waals surface area (Å²) in [5, 5.41) is 3.45. The third-order valence-electron chi connectivity index (χ3n) is 3.04. The van der Waals surface area contributed by atoms with Gasteiger partial charge in [-0.05, 0) is 36.8 Å². The van der Waals surface area contributed by atoms with Gasteiger partial charge in [-0.3, -0.25) is 0 Å². The van der Waals surface area contributed by atoms with E-state index < -0.39 is 0 Å².